The normalized spacial score (nSPS) is 17.2. The van der Waals surface area contributed by atoms with Crippen molar-refractivity contribution in [2.45, 2.75) is 32.4 Å². The van der Waals surface area contributed by atoms with Gasteiger partial charge in [0.2, 0.25) is 0 Å². The summed E-state index contributed by atoms with van der Waals surface area (Å²) in [6.07, 6.45) is 2.66. The molecule has 4 heteroatoms. The first-order valence-electron chi connectivity index (χ1n) is 6.59. The molecule has 0 aromatic heterocycles. The summed E-state index contributed by atoms with van der Waals surface area (Å²) in [5, 5.41) is 0. The quantitative estimate of drug-likeness (QED) is 0.929. The van der Waals surface area contributed by atoms with E-state index >= 15 is 0 Å². The minimum Gasteiger partial charge on any atom is -0.378 e. The molecule has 0 atom stereocenters. The number of halogens is 1. The first-order valence-corrected chi connectivity index (χ1v) is 7.38. The fraction of sp³-hybridized carbons (Fsp3) is 0.571. The van der Waals surface area contributed by atoms with Crippen LogP contribution in [0, 0.1) is 0 Å². The van der Waals surface area contributed by atoms with E-state index in [2.05, 4.69) is 46.0 Å². The van der Waals surface area contributed by atoms with Crippen molar-refractivity contribution in [1.82, 2.24) is 0 Å². The topological polar surface area (TPSA) is 38.5 Å². The zero-order valence-corrected chi connectivity index (χ0v) is 12.4. The molecule has 2 rings (SSSR count). The highest BCUT2D eigenvalue weighted by atomic mass is 79.9. The summed E-state index contributed by atoms with van der Waals surface area (Å²) >= 11 is 3.55. The molecule has 1 fully saturated rings. The van der Waals surface area contributed by atoms with E-state index in [1.165, 1.54) is 11.3 Å². The van der Waals surface area contributed by atoms with Gasteiger partial charge in [0.05, 0.1) is 6.10 Å². The Bertz CT molecular complexity index is 389. The Morgan fingerprint density at radius 1 is 1.33 bits per heavy atom. The van der Waals surface area contributed by atoms with Crippen molar-refractivity contribution in [3.05, 3.63) is 28.2 Å². The minimum atomic E-state index is 0.437. The van der Waals surface area contributed by atoms with E-state index in [0.29, 0.717) is 12.6 Å². The fourth-order valence-corrected chi connectivity index (χ4v) is 2.98. The van der Waals surface area contributed by atoms with Crippen molar-refractivity contribution in [1.29, 1.82) is 0 Å². The first-order chi connectivity index (χ1) is 8.72. The number of anilines is 1. The molecule has 100 valence electrons. The second-order valence-electron chi connectivity index (χ2n) is 4.66. The third-order valence-electron chi connectivity index (χ3n) is 3.39. The van der Waals surface area contributed by atoms with Crippen LogP contribution in [0.1, 0.15) is 25.3 Å². The van der Waals surface area contributed by atoms with Gasteiger partial charge < -0.3 is 15.4 Å². The minimum absolute atomic E-state index is 0.437. The molecule has 0 spiro atoms. The largest absolute Gasteiger partial charge is 0.378 e. The molecule has 1 aromatic carbocycles. The molecule has 0 amide bonds. The van der Waals surface area contributed by atoms with Crippen LogP contribution >= 0.6 is 15.9 Å². The number of nitrogens with zero attached hydrogens (tertiary/aromatic N) is 1. The Kier molecular flexibility index (Phi) is 5.03. The highest BCUT2D eigenvalue weighted by molar-refractivity contribution is 9.10. The first kappa shape index (κ1) is 13.8. The number of nitrogens with two attached hydrogens (primary N) is 1. The second-order valence-corrected chi connectivity index (χ2v) is 5.58. The van der Waals surface area contributed by atoms with Crippen molar-refractivity contribution < 1.29 is 4.74 Å². The standard InChI is InChI=1S/C14H21BrN2O/c1-2-18-14-3-5-17(6-4-14)13-8-11(10-16)7-12(15)9-13/h7-9,14H,2-6,10,16H2,1H3. The lowest BCUT2D eigenvalue weighted by atomic mass is 10.1. The van der Waals surface area contributed by atoms with E-state index in [1.807, 2.05) is 0 Å². The van der Waals surface area contributed by atoms with Gasteiger partial charge in [-0.1, -0.05) is 15.9 Å². The van der Waals surface area contributed by atoms with Crippen LogP contribution in [0.15, 0.2) is 22.7 Å². The molecule has 1 aliphatic heterocycles. The summed E-state index contributed by atoms with van der Waals surface area (Å²) in [6, 6.07) is 6.43. The molecular formula is C14H21BrN2O. The highest BCUT2D eigenvalue weighted by Crippen LogP contribution is 2.26. The van der Waals surface area contributed by atoms with Gasteiger partial charge in [-0.15, -0.1) is 0 Å². The predicted molar refractivity (Wildman–Crippen MR) is 78.9 cm³/mol. The average Bonchev–Trinajstić information content (AvgIpc) is 2.39. The molecule has 0 aliphatic carbocycles. The van der Waals surface area contributed by atoms with Gasteiger partial charge >= 0.3 is 0 Å². The van der Waals surface area contributed by atoms with Crippen LogP contribution in [0.4, 0.5) is 5.69 Å². The van der Waals surface area contributed by atoms with E-state index in [0.717, 1.165) is 37.0 Å². The molecule has 1 aliphatic rings. The number of hydrogen-bond acceptors (Lipinski definition) is 3. The van der Waals surface area contributed by atoms with Gasteiger partial charge in [0.15, 0.2) is 0 Å². The molecule has 0 unspecified atom stereocenters. The summed E-state index contributed by atoms with van der Waals surface area (Å²) in [5.41, 5.74) is 8.16. The van der Waals surface area contributed by atoms with Crippen LogP contribution in [-0.4, -0.2) is 25.8 Å². The van der Waals surface area contributed by atoms with Crippen LogP contribution in [-0.2, 0) is 11.3 Å². The number of hydrogen-bond donors (Lipinski definition) is 1. The predicted octanol–water partition coefficient (Wildman–Crippen LogP) is 2.91. The highest BCUT2D eigenvalue weighted by Gasteiger charge is 2.19. The van der Waals surface area contributed by atoms with E-state index < -0.39 is 0 Å². The summed E-state index contributed by atoms with van der Waals surface area (Å²) in [6.45, 7) is 5.59. The molecule has 0 saturated carbocycles. The lowest BCUT2D eigenvalue weighted by Gasteiger charge is -2.33. The number of benzene rings is 1. The van der Waals surface area contributed by atoms with Crippen LogP contribution in [0.3, 0.4) is 0 Å². The number of piperidine rings is 1. The summed E-state index contributed by atoms with van der Waals surface area (Å²) in [4.78, 5) is 2.42. The Morgan fingerprint density at radius 3 is 2.67 bits per heavy atom. The van der Waals surface area contributed by atoms with E-state index in [9.17, 15) is 0 Å². The molecule has 0 bridgehead atoms. The molecule has 1 heterocycles. The Balaban J connectivity index is 2.02. The third-order valence-corrected chi connectivity index (χ3v) is 3.85. The van der Waals surface area contributed by atoms with Gasteiger partial charge in [-0.3, -0.25) is 0 Å². The summed E-state index contributed by atoms with van der Waals surface area (Å²) < 4.78 is 6.78. The molecule has 1 aromatic rings. The Hall–Kier alpha value is -0.580. The maximum Gasteiger partial charge on any atom is 0.0608 e. The van der Waals surface area contributed by atoms with E-state index in [-0.39, 0.29) is 0 Å². The fourth-order valence-electron chi connectivity index (χ4n) is 2.45. The monoisotopic (exact) mass is 312 g/mol. The van der Waals surface area contributed by atoms with Gasteiger partial charge in [0.25, 0.3) is 0 Å². The van der Waals surface area contributed by atoms with Crippen molar-refractivity contribution in [2.24, 2.45) is 5.73 Å². The maximum absolute atomic E-state index is 5.72. The maximum atomic E-state index is 5.72. The number of ether oxygens (including phenoxy) is 1. The van der Waals surface area contributed by atoms with Crippen LogP contribution < -0.4 is 10.6 Å². The van der Waals surface area contributed by atoms with Crippen LogP contribution in [0.25, 0.3) is 0 Å². The average molecular weight is 313 g/mol. The van der Waals surface area contributed by atoms with Gasteiger partial charge in [0, 0.05) is 36.4 Å². The Labute approximate surface area is 117 Å². The second kappa shape index (κ2) is 6.55. The van der Waals surface area contributed by atoms with Gasteiger partial charge in [-0.25, -0.2) is 0 Å². The van der Waals surface area contributed by atoms with E-state index in [4.69, 9.17) is 10.5 Å². The SMILES string of the molecule is CCOC1CCN(c2cc(Br)cc(CN)c2)CC1. The molecule has 18 heavy (non-hydrogen) atoms. The van der Waals surface area contributed by atoms with Crippen molar-refractivity contribution in [3.8, 4) is 0 Å². The third kappa shape index (κ3) is 3.46. The lowest BCUT2D eigenvalue weighted by Crippen LogP contribution is -2.37. The van der Waals surface area contributed by atoms with Crippen molar-refractivity contribution in [2.75, 3.05) is 24.6 Å². The van der Waals surface area contributed by atoms with Gasteiger partial charge in [-0.2, -0.15) is 0 Å². The molecule has 0 radical (unpaired) electrons. The van der Waals surface area contributed by atoms with E-state index in [1.54, 1.807) is 0 Å². The Morgan fingerprint density at radius 2 is 2.06 bits per heavy atom. The molecule has 2 N–H and O–H groups in total. The molecular weight excluding hydrogens is 292 g/mol. The summed E-state index contributed by atoms with van der Waals surface area (Å²) in [7, 11) is 0. The number of rotatable bonds is 4. The smallest absolute Gasteiger partial charge is 0.0608 e. The van der Waals surface area contributed by atoms with Gasteiger partial charge in [0.1, 0.15) is 0 Å². The van der Waals surface area contributed by atoms with Crippen LogP contribution in [0.5, 0.6) is 0 Å². The van der Waals surface area contributed by atoms with Crippen LogP contribution in [0.2, 0.25) is 0 Å². The lowest BCUT2D eigenvalue weighted by molar-refractivity contribution is 0.0459. The van der Waals surface area contributed by atoms with Crippen molar-refractivity contribution in [3.63, 3.8) is 0 Å². The molecule has 1 saturated heterocycles. The summed E-state index contributed by atoms with van der Waals surface area (Å²) in [5.74, 6) is 0. The van der Waals surface area contributed by atoms with Crippen molar-refractivity contribution >= 4 is 21.6 Å². The van der Waals surface area contributed by atoms with Gasteiger partial charge in [-0.05, 0) is 43.5 Å². The zero-order chi connectivity index (χ0) is 13.0. The zero-order valence-electron chi connectivity index (χ0n) is 10.9. The molecule has 3 nitrogen and oxygen atoms in total.